The lowest BCUT2D eigenvalue weighted by atomic mass is 10.0. The van der Waals surface area contributed by atoms with Crippen LogP contribution in [0.2, 0.25) is 0 Å². The van der Waals surface area contributed by atoms with Gasteiger partial charge in [-0.1, -0.05) is 13.8 Å². The SMILES string of the molecule is CC(C)[C@H](NC(=O)CCOCCOCCOCCOCCN1C(=O)C=CC1=O)C(=O)N[C@H](C)CCCNC(N)=O. The quantitative estimate of drug-likeness (QED) is 0.0923. The minimum absolute atomic E-state index is 0.0976. The van der Waals surface area contributed by atoms with Crippen LogP contribution >= 0.6 is 0 Å². The van der Waals surface area contributed by atoms with Crippen molar-refractivity contribution in [1.82, 2.24) is 20.9 Å². The largest absolute Gasteiger partial charge is 0.379 e. The van der Waals surface area contributed by atoms with Gasteiger partial charge in [0.15, 0.2) is 0 Å². The molecule has 14 nitrogen and oxygen atoms in total. The summed E-state index contributed by atoms with van der Waals surface area (Å²) >= 11 is 0. The molecule has 0 bridgehead atoms. The molecule has 1 rings (SSSR count). The van der Waals surface area contributed by atoms with E-state index in [1.54, 1.807) is 0 Å². The van der Waals surface area contributed by atoms with Gasteiger partial charge in [0.05, 0.1) is 59.4 Å². The number of imide groups is 1. The Hall–Kier alpha value is -3.07. The zero-order valence-electron chi connectivity index (χ0n) is 23.8. The zero-order chi connectivity index (χ0) is 29.8. The smallest absolute Gasteiger partial charge is 0.312 e. The Kier molecular flexibility index (Phi) is 18.2. The van der Waals surface area contributed by atoms with Crippen LogP contribution in [0.5, 0.6) is 0 Å². The highest BCUT2D eigenvalue weighted by Gasteiger charge is 2.25. The van der Waals surface area contributed by atoms with Crippen molar-refractivity contribution in [3.63, 3.8) is 0 Å². The number of urea groups is 1. The summed E-state index contributed by atoms with van der Waals surface area (Å²) in [6.45, 7) is 8.77. The van der Waals surface area contributed by atoms with Crippen LogP contribution in [0.4, 0.5) is 4.79 Å². The highest BCUT2D eigenvalue weighted by molar-refractivity contribution is 6.12. The molecular formula is C26H45N5O9. The first kappa shape index (κ1) is 35.0. The van der Waals surface area contributed by atoms with Crippen molar-refractivity contribution >= 4 is 29.7 Å². The molecule has 2 atom stereocenters. The second-order valence-corrected chi connectivity index (χ2v) is 9.49. The third-order valence-corrected chi connectivity index (χ3v) is 5.72. The molecule has 0 aromatic heterocycles. The normalized spacial score (nSPS) is 14.4. The van der Waals surface area contributed by atoms with E-state index in [0.29, 0.717) is 59.0 Å². The first-order valence-electron chi connectivity index (χ1n) is 13.6. The van der Waals surface area contributed by atoms with Crippen molar-refractivity contribution in [2.45, 2.75) is 52.1 Å². The molecule has 0 aromatic rings. The van der Waals surface area contributed by atoms with Gasteiger partial charge in [-0.15, -0.1) is 0 Å². The van der Waals surface area contributed by atoms with E-state index in [4.69, 9.17) is 24.7 Å². The fraction of sp³-hybridized carbons (Fsp3) is 0.731. The maximum absolute atomic E-state index is 12.6. The summed E-state index contributed by atoms with van der Waals surface area (Å²) in [7, 11) is 0. The van der Waals surface area contributed by atoms with E-state index >= 15 is 0 Å². The molecule has 228 valence electrons. The van der Waals surface area contributed by atoms with Gasteiger partial charge >= 0.3 is 6.03 Å². The van der Waals surface area contributed by atoms with Crippen LogP contribution in [0, 0.1) is 5.92 Å². The van der Waals surface area contributed by atoms with Crippen molar-refractivity contribution in [3.8, 4) is 0 Å². The van der Waals surface area contributed by atoms with E-state index in [1.807, 2.05) is 20.8 Å². The number of primary amides is 1. The van der Waals surface area contributed by atoms with Crippen molar-refractivity contribution < 1.29 is 42.9 Å². The van der Waals surface area contributed by atoms with Crippen molar-refractivity contribution in [2.75, 3.05) is 65.9 Å². The molecule has 1 aliphatic heterocycles. The van der Waals surface area contributed by atoms with Gasteiger partial charge in [-0.2, -0.15) is 0 Å². The van der Waals surface area contributed by atoms with Crippen molar-refractivity contribution in [3.05, 3.63) is 12.2 Å². The number of nitrogens with two attached hydrogens (primary N) is 1. The van der Waals surface area contributed by atoms with Gasteiger partial charge in [-0.25, -0.2) is 4.79 Å². The molecule has 0 saturated carbocycles. The fourth-order valence-electron chi connectivity index (χ4n) is 3.54. The van der Waals surface area contributed by atoms with Gasteiger partial charge in [0, 0.05) is 31.2 Å². The van der Waals surface area contributed by atoms with Gasteiger partial charge in [0.2, 0.25) is 11.8 Å². The minimum atomic E-state index is -0.664. The number of carbonyl (C=O) groups excluding carboxylic acids is 5. The van der Waals surface area contributed by atoms with Crippen LogP contribution in [0.3, 0.4) is 0 Å². The van der Waals surface area contributed by atoms with E-state index in [9.17, 15) is 24.0 Å². The van der Waals surface area contributed by atoms with Crippen molar-refractivity contribution in [1.29, 1.82) is 0 Å². The third kappa shape index (κ3) is 16.1. The second kappa shape index (κ2) is 20.8. The van der Waals surface area contributed by atoms with Crippen LogP contribution in [0.25, 0.3) is 0 Å². The Labute approximate surface area is 235 Å². The Balaban J connectivity index is 2.00. The van der Waals surface area contributed by atoms with Gasteiger partial charge in [0.25, 0.3) is 11.8 Å². The highest BCUT2D eigenvalue weighted by Crippen LogP contribution is 2.05. The van der Waals surface area contributed by atoms with Crippen LogP contribution in [0.15, 0.2) is 12.2 Å². The molecular weight excluding hydrogens is 526 g/mol. The first-order valence-corrected chi connectivity index (χ1v) is 13.6. The molecule has 40 heavy (non-hydrogen) atoms. The number of hydrogen-bond donors (Lipinski definition) is 4. The predicted octanol–water partition coefficient (Wildman–Crippen LogP) is -0.538. The van der Waals surface area contributed by atoms with Gasteiger partial charge < -0.3 is 40.6 Å². The summed E-state index contributed by atoms with van der Waals surface area (Å²) < 4.78 is 21.6. The minimum Gasteiger partial charge on any atom is -0.379 e. The predicted molar refractivity (Wildman–Crippen MR) is 145 cm³/mol. The summed E-state index contributed by atoms with van der Waals surface area (Å²) in [6, 6.07) is -1.36. The number of hydrogen-bond acceptors (Lipinski definition) is 9. The van der Waals surface area contributed by atoms with E-state index in [0.717, 1.165) is 4.90 Å². The molecule has 14 heteroatoms. The number of ether oxygens (including phenoxy) is 4. The summed E-state index contributed by atoms with van der Waals surface area (Å²) in [4.78, 5) is 59.5. The highest BCUT2D eigenvalue weighted by atomic mass is 16.6. The van der Waals surface area contributed by atoms with E-state index in [2.05, 4.69) is 16.0 Å². The number of carbonyl (C=O) groups is 5. The lowest BCUT2D eigenvalue weighted by molar-refractivity contribution is -0.137. The summed E-state index contributed by atoms with van der Waals surface area (Å²) in [6.07, 6.45) is 3.91. The Bertz CT molecular complexity index is 819. The topological polar surface area (TPSA) is 188 Å². The number of nitrogens with zero attached hydrogens (tertiary/aromatic N) is 1. The fourth-order valence-corrected chi connectivity index (χ4v) is 3.54. The average Bonchev–Trinajstić information content (AvgIpc) is 3.21. The molecule has 1 aliphatic rings. The molecule has 0 aromatic carbocycles. The van der Waals surface area contributed by atoms with E-state index in [1.165, 1.54) is 12.2 Å². The number of amides is 6. The lowest BCUT2D eigenvalue weighted by Crippen LogP contribution is -2.51. The molecule has 0 radical (unpaired) electrons. The molecule has 0 aliphatic carbocycles. The lowest BCUT2D eigenvalue weighted by Gasteiger charge is -2.24. The zero-order valence-corrected chi connectivity index (χ0v) is 23.8. The monoisotopic (exact) mass is 571 g/mol. The Morgan fingerprint density at radius 1 is 0.825 bits per heavy atom. The van der Waals surface area contributed by atoms with Gasteiger partial charge in [-0.3, -0.25) is 24.1 Å². The maximum Gasteiger partial charge on any atom is 0.312 e. The molecule has 5 N–H and O–H groups in total. The second-order valence-electron chi connectivity index (χ2n) is 9.49. The summed E-state index contributed by atoms with van der Waals surface area (Å²) in [5.41, 5.74) is 5.03. The molecule has 0 saturated heterocycles. The van der Waals surface area contributed by atoms with E-state index < -0.39 is 12.1 Å². The van der Waals surface area contributed by atoms with Crippen LogP contribution in [-0.4, -0.2) is 113 Å². The van der Waals surface area contributed by atoms with Crippen molar-refractivity contribution in [2.24, 2.45) is 11.7 Å². The number of nitrogens with one attached hydrogen (secondary N) is 3. The first-order chi connectivity index (χ1) is 19.1. The maximum atomic E-state index is 12.6. The standard InChI is InChI=1S/C26H45N5O9/c1-19(2)24(25(35)29-20(3)5-4-9-28-26(27)36)30-21(32)8-11-37-13-15-39-17-18-40-16-14-38-12-10-31-22(33)6-7-23(31)34/h6-7,19-20,24H,4-5,8-18H2,1-3H3,(H,29,35)(H,30,32)(H3,27,28,36)/t20-,24+/m1/s1. The molecule has 0 fully saturated rings. The Morgan fingerprint density at radius 2 is 1.35 bits per heavy atom. The Morgan fingerprint density at radius 3 is 1.88 bits per heavy atom. The molecule has 0 spiro atoms. The molecule has 6 amide bonds. The van der Waals surface area contributed by atoms with Gasteiger partial charge in [-0.05, 0) is 25.7 Å². The average molecular weight is 572 g/mol. The molecule has 1 heterocycles. The van der Waals surface area contributed by atoms with E-state index in [-0.39, 0.29) is 61.8 Å². The summed E-state index contributed by atoms with van der Waals surface area (Å²) in [5.74, 6) is -1.29. The summed E-state index contributed by atoms with van der Waals surface area (Å²) in [5, 5.41) is 8.17. The number of rotatable bonds is 23. The van der Waals surface area contributed by atoms with Crippen LogP contribution in [0.1, 0.15) is 40.0 Å². The van der Waals surface area contributed by atoms with Crippen LogP contribution < -0.4 is 21.7 Å². The van der Waals surface area contributed by atoms with Gasteiger partial charge in [0.1, 0.15) is 6.04 Å². The third-order valence-electron chi connectivity index (χ3n) is 5.72. The van der Waals surface area contributed by atoms with Crippen LogP contribution in [-0.2, 0) is 38.1 Å². The molecule has 0 unspecified atom stereocenters.